The summed E-state index contributed by atoms with van der Waals surface area (Å²) in [7, 11) is 0. The van der Waals surface area contributed by atoms with Crippen LogP contribution in [-0.4, -0.2) is 149 Å². The molecule has 0 aliphatic heterocycles. The van der Waals surface area contributed by atoms with Gasteiger partial charge in [0.1, 0.15) is 46.5 Å². The zero-order valence-corrected chi connectivity index (χ0v) is 73.3. The molecule has 4 atom stereocenters. The fourth-order valence-electron chi connectivity index (χ4n) is 15.9. The molecule has 0 spiro atoms. The molecule has 0 amide bonds. The van der Waals surface area contributed by atoms with Crippen LogP contribution in [0.4, 0.5) is 62.6 Å². The molecular formula is C93H112ClF5N32S. The van der Waals surface area contributed by atoms with Crippen LogP contribution in [-0.2, 0) is 51.4 Å². The molecule has 0 radical (unpaired) electrons. The maximum Gasteiger partial charge on any atom is 0.228 e. The lowest BCUT2D eigenvalue weighted by Gasteiger charge is -2.26. The van der Waals surface area contributed by atoms with Crippen LogP contribution in [0.15, 0.2) is 148 Å². The molecule has 132 heavy (non-hydrogen) atoms. The molecule has 16 heterocycles. The topological polar surface area (TPSA) is 442 Å². The molecule has 16 aromatic rings. The Kier molecular flexibility index (Phi) is 32.8. The average Bonchev–Trinajstić information content (AvgIpc) is 1.65. The molecule has 0 aromatic carbocycles. The van der Waals surface area contributed by atoms with Gasteiger partial charge in [0.2, 0.25) is 23.1 Å². The Morgan fingerprint density at radius 1 is 0.364 bits per heavy atom. The Morgan fingerprint density at radius 2 is 0.614 bits per heavy atom. The van der Waals surface area contributed by atoms with Crippen molar-refractivity contribution >= 4 is 87.5 Å². The molecule has 692 valence electrons. The normalized spacial score (nSPS) is 15.1. The highest BCUT2D eigenvalue weighted by Gasteiger charge is 2.30. The summed E-state index contributed by atoms with van der Waals surface area (Å²) in [4.78, 5) is 69.0. The monoisotopic (exact) mass is 1840 g/mol. The number of nitrogens with zero attached hydrogens (tertiary/aromatic N) is 24. The van der Waals surface area contributed by atoms with Crippen LogP contribution in [0.25, 0.3) is 68.1 Å². The van der Waals surface area contributed by atoms with Crippen LogP contribution in [0.2, 0.25) is 5.28 Å². The van der Waals surface area contributed by atoms with Crippen LogP contribution >= 0.6 is 23.7 Å². The third kappa shape index (κ3) is 22.5. The minimum Gasteiger partial charge on any atom is -0.383 e. The predicted octanol–water partition coefficient (Wildman–Crippen LogP) is 17.5. The Hall–Kier alpha value is -13.8. The van der Waals surface area contributed by atoms with E-state index in [9.17, 15) is 21.4 Å². The average molecular weight is 1840 g/mol. The summed E-state index contributed by atoms with van der Waals surface area (Å²) in [6.07, 6.45) is 37.0. The van der Waals surface area contributed by atoms with Crippen LogP contribution in [0.1, 0.15) is 201 Å². The Labute approximate surface area is 772 Å². The van der Waals surface area contributed by atoms with Crippen LogP contribution in [0.5, 0.6) is 0 Å². The second-order valence-corrected chi connectivity index (χ2v) is 33.3. The van der Waals surface area contributed by atoms with Crippen molar-refractivity contribution in [2.75, 3.05) is 45.1 Å². The first-order valence-electron chi connectivity index (χ1n) is 41.9. The molecule has 32 nitrogen and oxygen atoms in total. The lowest BCUT2D eigenvalue weighted by atomic mass is 9.89. The van der Waals surface area contributed by atoms with Gasteiger partial charge in [-0.3, -0.25) is 19.9 Å². The first kappa shape index (κ1) is 98.8. The number of nitrogen functional groups attached to an aromatic ring is 4. The van der Waals surface area contributed by atoms with E-state index < -0.39 is 23.3 Å². The third-order valence-electron chi connectivity index (χ3n) is 22.5. The van der Waals surface area contributed by atoms with Crippen molar-refractivity contribution in [2.45, 2.75) is 210 Å². The lowest BCUT2D eigenvalue weighted by molar-refractivity contribution is 0.576. The Morgan fingerprint density at radius 3 is 0.886 bits per heavy atom. The van der Waals surface area contributed by atoms with E-state index in [-0.39, 0.29) is 88.9 Å². The molecule has 39 heteroatoms. The van der Waals surface area contributed by atoms with E-state index >= 15 is 0 Å². The Bertz CT molecular complexity index is 6200. The Balaban J connectivity index is 0.000000161. The van der Waals surface area contributed by atoms with E-state index in [0.717, 1.165) is 122 Å². The summed E-state index contributed by atoms with van der Waals surface area (Å²) in [5, 5.41) is 28.5. The third-order valence-corrected chi connectivity index (χ3v) is 22.7. The van der Waals surface area contributed by atoms with Crippen molar-refractivity contribution in [3.05, 3.63) is 243 Å². The lowest BCUT2D eigenvalue weighted by Crippen LogP contribution is -2.29. The summed E-state index contributed by atoms with van der Waals surface area (Å²) < 4.78 is 71.5. The fourth-order valence-corrected chi connectivity index (χ4v) is 16.1. The molecule has 13 N–H and O–H groups in total. The number of halogens is 6. The molecule has 0 fully saturated rings. The van der Waals surface area contributed by atoms with E-state index in [4.69, 9.17) is 40.3 Å². The van der Waals surface area contributed by atoms with Gasteiger partial charge in [-0.2, -0.15) is 62.3 Å². The van der Waals surface area contributed by atoms with Crippen molar-refractivity contribution in [2.24, 2.45) is 5.73 Å². The van der Waals surface area contributed by atoms with Gasteiger partial charge in [0.15, 0.2) is 45.9 Å². The van der Waals surface area contributed by atoms with Crippen LogP contribution in [0.3, 0.4) is 0 Å². The number of rotatable bonds is 14. The van der Waals surface area contributed by atoms with Gasteiger partial charge in [0, 0.05) is 137 Å². The van der Waals surface area contributed by atoms with E-state index in [1.165, 1.54) is 87.6 Å². The van der Waals surface area contributed by atoms with Crippen LogP contribution in [0, 0.1) is 23.3 Å². The van der Waals surface area contributed by atoms with Crippen molar-refractivity contribution in [1.82, 2.24) is 118 Å². The van der Waals surface area contributed by atoms with E-state index in [2.05, 4.69) is 158 Å². The maximum absolute atomic E-state index is 13.8. The fraction of sp³-hybridized carbons (Fsp3) is 0.355. The SMILES string of the molecule is C.C.C.C.CC(C)c1cnn2c(Cl)nc(-c3cncc(F)c3)nc12.CC(C)c1cnn2c(NC3CCc4c(ccnc4N)C3)nc(-c3cncc(F)c3)nc12.CC(C)c1cnn2c(N[C@@H]3CCc4c(ccnc4N)C3)nc(-c3cncc(F)c3)nc12.CC(C)c1cnn2c(N[C@H]3CCc4c(ccnc4N)C3)nc(-c3cncc(F)c3)nc12.CSF.Nc1nccc2c1CCC(N)C2. The van der Waals surface area contributed by atoms with E-state index in [1.54, 1.807) is 63.1 Å². The van der Waals surface area contributed by atoms with Gasteiger partial charge in [-0.1, -0.05) is 85.1 Å². The van der Waals surface area contributed by atoms with Gasteiger partial charge < -0.3 is 44.6 Å². The number of hydrogen-bond donors (Lipinski definition) is 8. The smallest absolute Gasteiger partial charge is 0.228 e. The second-order valence-electron chi connectivity index (χ2n) is 32.7. The number of fused-ring (bicyclic) bond motifs is 8. The summed E-state index contributed by atoms with van der Waals surface area (Å²) in [6, 6.07) is 14.3. The highest BCUT2D eigenvalue weighted by Crippen LogP contribution is 2.36. The summed E-state index contributed by atoms with van der Waals surface area (Å²) >= 11 is 6.36. The van der Waals surface area contributed by atoms with Gasteiger partial charge in [0.05, 0.1) is 49.6 Å². The minimum absolute atomic E-state index is 0. The molecule has 2 unspecified atom stereocenters. The van der Waals surface area contributed by atoms with Gasteiger partial charge in [0.25, 0.3) is 0 Å². The molecule has 4 aliphatic carbocycles. The summed E-state index contributed by atoms with van der Waals surface area (Å²) in [6.45, 7) is 16.6. The zero-order chi connectivity index (χ0) is 90.1. The molecule has 4 aliphatic rings. The maximum atomic E-state index is 13.8. The van der Waals surface area contributed by atoms with E-state index in [1.807, 2.05) is 56.7 Å². The number of aromatic nitrogens is 24. The van der Waals surface area contributed by atoms with Gasteiger partial charge >= 0.3 is 0 Å². The van der Waals surface area contributed by atoms with E-state index in [0.29, 0.717) is 115 Å². The quantitative estimate of drug-likeness (QED) is 0.0469. The number of nitrogens with one attached hydrogen (secondary N) is 3. The molecule has 16 aromatic heterocycles. The minimum atomic E-state index is -0.445. The number of pyridine rings is 8. The van der Waals surface area contributed by atoms with Gasteiger partial charge in [-0.15, -0.1) is 0 Å². The number of anilines is 7. The van der Waals surface area contributed by atoms with Gasteiger partial charge in [-0.25, -0.2) is 57.4 Å². The number of hydrogen-bond acceptors (Lipinski definition) is 29. The molecule has 20 rings (SSSR count). The highest BCUT2D eigenvalue weighted by atomic mass is 35.5. The molecular weight excluding hydrogens is 1730 g/mol. The first-order valence-corrected chi connectivity index (χ1v) is 43.4. The largest absolute Gasteiger partial charge is 0.383 e. The van der Waals surface area contributed by atoms with Crippen LogP contribution < -0.4 is 44.6 Å². The van der Waals surface area contributed by atoms with Crippen molar-refractivity contribution < 1.29 is 21.4 Å². The highest BCUT2D eigenvalue weighted by molar-refractivity contribution is 7.93. The summed E-state index contributed by atoms with van der Waals surface area (Å²) in [5.74, 6) is 5.01. The van der Waals surface area contributed by atoms with Crippen molar-refractivity contribution in [1.29, 1.82) is 0 Å². The van der Waals surface area contributed by atoms with Crippen molar-refractivity contribution in [3.8, 4) is 45.6 Å². The second kappa shape index (κ2) is 43.8. The molecule has 0 bridgehead atoms. The molecule has 0 saturated heterocycles. The first-order chi connectivity index (χ1) is 61.7. The zero-order valence-electron chi connectivity index (χ0n) is 71.8. The van der Waals surface area contributed by atoms with Gasteiger partial charge in [-0.05, 0) is 205 Å². The van der Waals surface area contributed by atoms with Crippen molar-refractivity contribution in [3.63, 3.8) is 0 Å². The summed E-state index contributed by atoms with van der Waals surface area (Å²) in [5.41, 5.74) is 47.9. The number of nitrogens with two attached hydrogens (primary N) is 5. The standard InChI is InChI=1S/3C22H23FN8.C13H11ClFN5.C9H13N3.CH3FS.4CH4/c3*1-12(2)18-11-27-31-21(18)29-20(14-7-15(23)10-25-9-14)30-22(31)28-16-3-4-17-13(8-16)5-6-26-19(17)24;1-7(2)10-6-17-20-12(10)18-11(19-13(20)14)8-3-9(15)5-16-4-8;10-7-1-2-8-6(5-7)3-4-12-9(8)11;1-3-2;;;;/h3*5-7,9-12,16H,3-4,8H2,1-2H3,(H2,24,26)(H,28,29,30);3-7H,1-2H3;3-4,7H,1-2,5,10H2,(H2,11,12);1H3;4*1H4/t2*16-;;;;;;;;/m10......../s1. The predicted molar refractivity (Wildman–Crippen MR) is 512 cm³/mol. The molecule has 0 saturated carbocycles.